The Balaban J connectivity index is 2.88. The molecule has 0 amide bonds. The molecule has 1 aromatic rings. The topological polar surface area (TPSA) is 26.3 Å². The molecule has 3 heteroatoms. The number of rotatable bonds is 3. The Bertz CT molecular complexity index is 482. The highest BCUT2D eigenvalue weighted by Gasteiger charge is 2.14. The summed E-state index contributed by atoms with van der Waals surface area (Å²) in [6, 6.07) is 7.23. The maximum atomic E-state index is 11.9. The quantitative estimate of drug-likeness (QED) is 0.384. The molecular weight excluding hydrogens is 244 g/mol. The lowest BCUT2D eigenvalue weighted by molar-refractivity contribution is -0.129. The van der Waals surface area contributed by atoms with Crippen LogP contribution >= 0.6 is 12.6 Å². The van der Waals surface area contributed by atoms with E-state index in [1.165, 1.54) is 0 Å². The van der Waals surface area contributed by atoms with Gasteiger partial charge in [-0.15, -0.1) is 12.6 Å². The number of ether oxygens (including phenoxy) is 1. The fourth-order valence-corrected chi connectivity index (χ4v) is 1.80. The monoisotopic (exact) mass is 262 g/mol. The van der Waals surface area contributed by atoms with Gasteiger partial charge in [-0.05, 0) is 11.5 Å². The number of hydrogen-bond donors (Lipinski definition) is 1. The van der Waals surface area contributed by atoms with Gasteiger partial charge in [0.05, 0.1) is 4.91 Å². The van der Waals surface area contributed by atoms with E-state index < -0.39 is 5.97 Å². The van der Waals surface area contributed by atoms with Crippen LogP contribution in [0, 0.1) is 5.41 Å². The van der Waals surface area contributed by atoms with E-state index in [0.717, 1.165) is 5.56 Å². The number of hydrogen-bond acceptors (Lipinski definition) is 3. The van der Waals surface area contributed by atoms with Gasteiger partial charge in [0.2, 0.25) is 0 Å². The molecule has 0 aliphatic carbocycles. The zero-order valence-corrected chi connectivity index (χ0v) is 11.8. The van der Waals surface area contributed by atoms with Crippen molar-refractivity contribution < 1.29 is 9.53 Å². The number of carbonyl (C=O) groups is 1. The second-order valence-electron chi connectivity index (χ2n) is 5.03. The highest BCUT2D eigenvalue weighted by Crippen LogP contribution is 2.23. The normalized spacial score (nSPS) is 12.1. The smallest absolute Gasteiger partial charge is 0.349 e. The summed E-state index contributed by atoms with van der Waals surface area (Å²) in [6.45, 7) is 9.66. The summed E-state index contributed by atoms with van der Waals surface area (Å²) in [4.78, 5) is 12.2. The highest BCUT2D eigenvalue weighted by atomic mass is 32.1. The number of allylic oxidation sites excluding steroid dienone is 1. The molecule has 0 bridgehead atoms. The summed E-state index contributed by atoms with van der Waals surface area (Å²) in [7, 11) is 0. The molecule has 0 aliphatic heterocycles. The molecule has 0 aromatic heterocycles. The first-order chi connectivity index (χ1) is 8.33. The maximum absolute atomic E-state index is 11.9. The molecular formula is C15H18O2S. The van der Waals surface area contributed by atoms with Gasteiger partial charge in [-0.3, -0.25) is 0 Å². The summed E-state index contributed by atoms with van der Waals surface area (Å²) in [5.74, 6) is 0.0360. The minimum Gasteiger partial charge on any atom is -0.422 e. The number of esters is 1. The molecule has 1 aromatic carbocycles. The Labute approximate surface area is 114 Å². The molecule has 2 nitrogen and oxygen atoms in total. The summed E-state index contributed by atoms with van der Waals surface area (Å²) < 4.78 is 5.29. The standard InChI is InChI=1S/C15H18O2S/c1-5-11-8-6-7-9-12(11)17-14(16)13(18)10-15(2,3)4/h5-10,18H,1H2,2-4H3/b13-10-. The van der Waals surface area contributed by atoms with Gasteiger partial charge in [-0.25, -0.2) is 4.79 Å². The van der Waals surface area contributed by atoms with Crippen molar-refractivity contribution in [2.45, 2.75) is 20.8 Å². The van der Waals surface area contributed by atoms with E-state index in [4.69, 9.17) is 4.74 Å². The van der Waals surface area contributed by atoms with Crippen molar-refractivity contribution in [1.29, 1.82) is 0 Å². The second-order valence-corrected chi connectivity index (χ2v) is 5.51. The maximum Gasteiger partial charge on any atom is 0.349 e. The van der Waals surface area contributed by atoms with E-state index in [2.05, 4.69) is 19.2 Å². The van der Waals surface area contributed by atoms with Gasteiger partial charge < -0.3 is 4.74 Å². The number of carbonyl (C=O) groups excluding carboxylic acids is 1. The Kier molecular flexibility index (Phi) is 4.79. The van der Waals surface area contributed by atoms with E-state index in [1.807, 2.05) is 32.9 Å². The van der Waals surface area contributed by atoms with Crippen LogP contribution in [-0.4, -0.2) is 5.97 Å². The van der Waals surface area contributed by atoms with Gasteiger partial charge in [0.15, 0.2) is 0 Å². The minimum atomic E-state index is -0.456. The summed E-state index contributed by atoms with van der Waals surface area (Å²) in [6.07, 6.45) is 3.42. The zero-order chi connectivity index (χ0) is 13.8. The largest absolute Gasteiger partial charge is 0.422 e. The molecule has 96 valence electrons. The Morgan fingerprint density at radius 1 is 1.33 bits per heavy atom. The van der Waals surface area contributed by atoms with E-state index >= 15 is 0 Å². The van der Waals surface area contributed by atoms with Crippen LogP contribution in [0.1, 0.15) is 26.3 Å². The van der Waals surface area contributed by atoms with Crippen LogP contribution in [0.3, 0.4) is 0 Å². The SMILES string of the molecule is C=Cc1ccccc1OC(=O)/C(S)=C/C(C)(C)C. The second kappa shape index (κ2) is 5.91. The minimum absolute atomic E-state index is 0.117. The van der Waals surface area contributed by atoms with E-state index in [1.54, 1.807) is 24.3 Å². The first kappa shape index (κ1) is 14.6. The van der Waals surface area contributed by atoms with Crippen LogP contribution in [0.15, 0.2) is 41.8 Å². The Morgan fingerprint density at radius 3 is 2.50 bits per heavy atom. The molecule has 0 saturated carbocycles. The first-order valence-electron chi connectivity index (χ1n) is 5.69. The number of benzene rings is 1. The third kappa shape index (κ3) is 4.41. The molecule has 0 heterocycles. The molecule has 0 saturated heterocycles. The predicted molar refractivity (Wildman–Crippen MR) is 78.7 cm³/mol. The van der Waals surface area contributed by atoms with E-state index in [0.29, 0.717) is 10.7 Å². The number of thiol groups is 1. The third-order valence-electron chi connectivity index (χ3n) is 2.12. The van der Waals surface area contributed by atoms with E-state index in [-0.39, 0.29) is 5.41 Å². The molecule has 0 unspecified atom stereocenters. The molecule has 0 fully saturated rings. The Morgan fingerprint density at radius 2 is 1.94 bits per heavy atom. The summed E-state index contributed by atoms with van der Waals surface area (Å²) in [5, 5.41) is 0. The molecule has 0 radical (unpaired) electrons. The van der Waals surface area contributed by atoms with Gasteiger partial charge in [0.25, 0.3) is 0 Å². The molecule has 1 rings (SSSR count). The number of para-hydroxylation sites is 1. The van der Waals surface area contributed by atoms with Crippen molar-refractivity contribution in [1.82, 2.24) is 0 Å². The highest BCUT2D eigenvalue weighted by molar-refractivity contribution is 7.85. The average Bonchev–Trinajstić information content (AvgIpc) is 2.27. The molecule has 18 heavy (non-hydrogen) atoms. The van der Waals surface area contributed by atoms with Gasteiger partial charge in [-0.2, -0.15) is 0 Å². The van der Waals surface area contributed by atoms with Gasteiger partial charge >= 0.3 is 5.97 Å². The van der Waals surface area contributed by atoms with Crippen LogP contribution in [0.25, 0.3) is 6.08 Å². The summed E-state index contributed by atoms with van der Waals surface area (Å²) >= 11 is 4.17. The van der Waals surface area contributed by atoms with Crippen molar-refractivity contribution in [3.05, 3.63) is 47.4 Å². The van der Waals surface area contributed by atoms with Crippen LogP contribution < -0.4 is 4.74 Å². The van der Waals surface area contributed by atoms with Gasteiger partial charge in [0, 0.05) is 5.56 Å². The third-order valence-corrected chi connectivity index (χ3v) is 2.43. The first-order valence-corrected chi connectivity index (χ1v) is 6.13. The fraction of sp³-hybridized carbons (Fsp3) is 0.267. The van der Waals surface area contributed by atoms with Crippen LogP contribution in [0.5, 0.6) is 5.75 Å². The van der Waals surface area contributed by atoms with Crippen molar-refractivity contribution in [2.24, 2.45) is 5.41 Å². The van der Waals surface area contributed by atoms with Crippen LogP contribution in [0.4, 0.5) is 0 Å². The van der Waals surface area contributed by atoms with Gasteiger partial charge in [-0.1, -0.05) is 57.7 Å². The molecule has 0 atom stereocenters. The lowest BCUT2D eigenvalue weighted by Crippen LogP contribution is -2.11. The lowest BCUT2D eigenvalue weighted by Gasteiger charge is -2.13. The zero-order valence-electron chi connectivity index (χ0n) is 10.9. The van der Waals surface area contributed by atoms with Crippen molar-refractivity contribution >= 4 is 24.7 Å². The lowest BCUT2D eigenvalue weighted by atomic mass is 9.96. The van der Waals surface area contributed by atoms with E-state index in [9.17, 15) is 4.79 Å². The molecule has 0 N–H and O–H groups in total. The summed E-state index contributed by atoms with van der Waals surface area (Å²) in [5.41, 5.74) is 0.663. The van der Waals surface area contributed by atoms with Crippen LogP contribution in [0.2, 0.25) is 0 Å². The molecule has 0 spiro atoms. The fourth-order valence-electron chi connectivity index (χ4n) is 1.36. The van der Waals surface area contributed by atoms with Crippen molar-refractivity contribution in [2.75, 3.05) is 0 Å². The van der Waals surface area contributed by atoms with Crippen LogP contribution in [-0.2, 0) is 4.79 Å². The predicted octanol–water partition coefficient (Wildman–Crippen LogP) is 4.09. The van der Waals surface area contributed by atoms with Crippen molar-refractivity contribution in [3.63, 3.8) is 0 Å². The Hall–Kier alpha value is -1.48. The average molecular weight is 262 g/mol. The van der Waals surface area contributed by atoms with Crippen molar-refractivity contribution in [3.8, 4) is 5.75 Å². The van der Waals surface area contributed by atoms with Gasteiger partial charge in [0.1, 0.15) is 5.75 Å². The molecule has 0 aliphatic rings.